The van der Waals surface area contributed by atoms with Crippen LogP contribution in [0.2, 0.25) is 0 Å². The van der Waals surface area contributed by atoms with E-state index in [0.717, 1.165) is 12.1 Å². The van der Waals surface area contributed by atoms with Gasteiger partial charge in [0.15, 0.2) is 12.6 Å². The molecule has 0 aliphatic carbocycles. The van der Waals surface area contributed by atoms with Crippen molar-refractivity contribution in [3.05, 3.63) is 105 Å². The van der Waals surface area contributed by atoms with Gasteiger partial charge in [0.25, 0.3) is 0 Å². The van der Waals surface area contributed by atoms with Crippen LogP contribution in [-0.4, -0.2) is 44.3 Å². The van der Waals surface area contributed by atoms with Crippen molar-refractivity contribution in [3.8, 4) is 0 Å². The molecule has 40 heavy (non-hydrogen) atoms. The summed E-state index contributed by atoms with van der Waals surface area (Å²) in [5.41, 5.74) is 11.4. The van der Waals surface area contributed by atoms with E-state index in [0.29, 0.717) is 13.2 Å². The van der Waals surface area contributed by atoms with Gasteiger partial charge < -0.3 is 29.6 Å². The summed E-state index contributed by atoms with van der Waals surface area (Å²) in [6, 6.07) is 18.9. The molecule has 3 aromatic rings. The van der Waals surface area contributed by atoms with Crippen molar-refractivity contribution in [2.75, 3.05) is 13.7 Å². The number of fused-ring (bicyclic) bond motifs is 1. The summed E-state index contributed by atoms with van der Waals surface area (Å²) in [5, 5.41) is 7.72. The minimum atomic E-state index is -0.453. The summed E-state index contributed by atoms with van der Waals surface area (Å²) < 4.78 is 25.3. The van der Waals surface area contributed by atoms with Crippen LogP contribution >= 0.6 is 0 Å². The van der Waals surface area contributed by atoms with E-state index in [1.807, 2.05) is 30.3 Å². The molecule has 0 spiro atoms. The van der Waals surface area contributed by atoms with E-state index >= 15 is 0 Å². The van der Waals surface area contributed by atoms with Crippen LogP contribution < -0.4 is 10.6 Å². The normalized spacial score (nSPS) is 26.5. The van der Waals surface area contributed by atoms with E-state index in [9.17, 15) is 0 Å². The summed E-state index contributed by atoms with van der Waals surface area (Å²) in [5.74, 6) is 0. The highest BCUT2D eigenvalue weighted by Gasteiger charge is 2.50. The van der Waals surface area contributed by atoms with Crippen LogP contribution in [-0.2, 0) is 32.0 Å². The fourth-order valence-electron chi connectivity index (χ4n) is 6.48. The summed E-state index contributed by atoms with van der Waals surface area (Å²) in [7, 11) is 1.71. The number of aryl methyl sites for hydroxylation is 6. The van der Waals surface area contributed by atoms with Crippen molar-refractivity contribution in [1.82, 2.24) is 10.6 Å². The summed E-state index contributed by atoms with van der Waals surface area (Å²) >= 11 is 0. The van der Waals surface area contributed by atoms with Gasteiger partial charge in [-0.25, -0.2) is 0 Å². The second-order valence-electron chi connectivity index (χ2n) is 11.5. The Bertz CT molecular complexity index is 1260. The van der Waals surface area contributed by atoms with Crippen LogP contribution in [0.1, 0.15) is 56.4 Å². The lowest BCUT2D eigenvalue weighted by molar-refractivity contribution is -0.326. The third-order valence-corrected chi connectivity index (χ3v) is 8.42. The average Bonchev–Trinajstić information content (AvgIpc) is 2.92. The summed E-state index contributed by atoms with van der Waals surface area (Å²) in [4.78, 5) is 0. The van der Waals surface area contributed by atoms with Crippen LogP contribution in [0.3, 0.4) is 0 Å². The molecule has 6 atom stereocenters. The van der Waals surface area contributed by atoms with Crippen molar-refractivity contribution < 1.29 is 18.9 Å². The van der Waals surface area contributed by atoms with E-state index in [1.54, 1.807) is 7.11 Å². The molecule has 2 aliphatic heterocycles. The third-order valence-electron chi connectivity index (χ3n) is 8.42. The van der Waals surface area contributed by atoms with Gasteiger partial charge in [0, 0.05) is 25.8 Å². The highest BCUT2D eigenvalue weighted by atomic mass is 16.7. The van der Waals surface area contributed by atoms with Gasteiger partial charge in [0.2, 0.25) is 0 Å². The first-order valence-electron chi connectivity index (χ1n) is 14.4. The molecule has 2 saturated heterocycles. The van der Waals surface area contributed by atoms with E-state index in [1.165, 1.54) is 44.5 Å². The Morgan fingerprint density at radius 3 is 1.77 bits per heavy atom. The molecule has 2 aliphatic rings. The number of benzene rings is 3. The zero-order valence-corrected chi connectivity index (χ0v) is 24.9. The maximum Gasteiger partial charge on any atom is 0.184 e. The number of rotatable bonds is 8. The topological polar surface area (TPSA) is 61.0 Å². The smallest absolute Gasteiger partial charge is 0.184 e. The fraction of sp³-hybridized carbons (Fsp3) is 0.471. The standard InChI is InChI=1S/C34H44N2O4/c1-20-13-22(3)27(23(4)14-20)17-35-30-31(36-18-28-24(5)15-21(2)16-25(28)6)34(37-7)39-29-19-38-33(40-32(29)30)26-11-9-8-10-12-26/h8-16,29-36H,17-19H2,1-7H3/t29-,30-,31+,32-,33?,34+/m1/s1. The second-order valence-corrected chi connectivity index (χ2v) is 11.5. The Morgan fingerprint density at radius 1 is 0.725 bits per heavy atom. The molecule has 0 saturated carbocycles. The SMILES string of the molecule is CO[C@H]1O[C@@H]2COC(c3ccccc3)O[C@H]2[C@H](NCc2c(C)cc(C)cc2C)[C@@H]1NCc1c(C)cc(C)cc1C. The van der Waals surface area contributed by atoms with E-state index in [-0.39, 0.29) is 24.3 Å². The quantitative estimate of drug-likeness (QED) is 0.383. The predicted octanol–water partition coefficient (Wildman–Crippen LogP) is 5.64. The molecule has 2 fully saturated rings. The Morgan fingerprint density at radius 2 is 1.25 bits per heavy atom. The van der Waals surface area contributed by atoms with Crippen LogP contribution in [0, 0.1) is 41.5 Å². The molecule has 2 heterocycles. The summed E-state index contributed by atoms with van der Waals surface area (Å²) in [6.07, 6.45) is -1.37. The fourth-order valence-corrected chi connectivity index (χ4v) is 6.48. The first-order valence-corrected chi connectivity index (χ1v) is 14.4. The molecule has 0 aromatic heterocycles. The van der Waals surface area contributed by atoms with E-state index in [2.05, 4.69) is 76.4 Å². The Hall–Kier alpha value is -2.58. The van der Waals surface area contributed by atoms with Crippen molar-refractivity contribution in [3.63, 3.8) is 0 Å². The number of hydrogen-bond acceptors (Lipinski definition) is 6. The van der Waals surface area contributed by atoms with Crippen LogP contribution in [0.5, 0.6) is 0 Å². The molecule has 5 rings (SSSR count). The molecule has 0 radical (unpaired) electrons. The Labute approximate surface area is 239 Å². The molecule has 214 valence electrons. The van der Waals surface area contributed by atoms with Gasteiger partial charge >= 0.3 is 0 Å². The highest BCUT2D eigenvalue weighted by molar-refractivity contribution is 5.38. The van der Waals surface area contributed by atoms with Crippen LogP contribution in [0.15, 0.2) is 54.6 Å². The van der Waals surface area contributed by atoms with E-state index < -0.39 is 12.6 Å². The molecule has 6 nitrogen and oxygen atoms in total. The van der Waals surface area contributed by atoms with Crippen LogP contribution in [0.4, 0.5) is 0 Å². The number of ether oxygens (including phenoxy) is 4. The van der Waals surface area contributed by atoms with Gasteiger partial charge in [0.1, 0.15) is 12.2 Å². The lowest BCUT2D eigenvalue weighted by Crippen LogP contribution is -2.69. The van der Waals surface area contributed by atoms with Crippen molar-refractivity contribution in [2.24, 2.45) is 0 Å². The lowest BCUT2D eigenvalue weighted by Gasteiger charge is -2.50. The van der Waals surface area contributed by atoms with Gasteiger partial charge in [-0.15, -0.1) is 0 Å². The molecular formula is C34H44N2O4. The van der Waals surface area contributed by atoms with Crippen LogP contribution in [0.25, 0.3) is 0 Å². The highest BCUT2D eigenvalue weighted by Crippen LogP contribution is 2.35. The number of hydrogen-bond donors (Lipinski definition) is 2. The zero-order valence-electron chi connectivity index (χ0n) is 24.9. The number of nitrogens with one attached hydrogen (secondary N) is 2. The minimum absolute atomic E-state index is 0.0787. The van der Waals surface area contributed by atoms with E-state index in [4.69, 9.17) is 18.9 Å². The molecule has 6 heteroatoms. The van der Waals surface area contributed by atoms with Gasteiger partial charge in [0.05, 0.1) is 18.7 Å². The lowest BCUT2D eigenvalue weighted by atomic mass is 9.91. The first kappa shape index (κ1) is 28.9. The molecule has 0 bridgehead atoms. The first-order chi connectivity index (χ1) is 19.2. The maximum atomic E-state index is 6.69. The van der Waals surface area contributed by atoms with Gasteiger partial charge in [-0.3, -0.25) is 0 Å². The van der Waals surface area contributed by atoms with Gasteiger partial charge in [-0.05, 0) is 74.9 Å². The average molecular weight is 545 g/mol. The molecular weight excluding hydrogens is 500 g/mol. The number of methoxy groups -OCH3 is 1. The maximum absolute atomic E-state index is 6.69. The van der Waals surface area contributed by atoms with Crippen molar-refractivity contribution in [2.45, 2.75) is 91.5 Å². The van der Waals surface area contributed by atoms with Crippen molar-refractivity contribution in [1.29, 1.82) is 0 Å². The predicted molar refractivity (Wildman–Crippen MR) is 158 cm³/mol. The minimum Gasteiger partial charge on any atom is -0.354 e. The third kappa shape index (κ3) is 6.18. The molecule has 2 N–H and O–H groups in total. The molecule has 1 unspecified atom stereocenters. The van der Waals surface area contributed by atoms with Gasteiger partial charge in [-0.1, -0.05) is 65.7 Å². The van der Waals surface area contributed by atoms with Gasteiger partial charge in [-0.2, -0.15) is 0 Å². The Kier molecular flexibility index (Phi) is 9.05. The monoisotopic (exact) mass is 544 g/mol. The second kappa shape index (κ2) is 12.5. The van der Waals surface area contributed by atoms with Crippen molar-refractivity contribution >= 4 is 0 Å². The summed E-state index contributed by atoms with van der Waals surface area (Å²) in [6.45, 7) is 14.9. The molecule has 0 amide bonds. The Balaban J connectivity index is 1.45. The largest absolute Gasteiger partial charge is 0.354 e. The zero-order chi connectivity index (χ0) is 28.4. The molecule has 3 aromatic carbocycles.